The molecule has 0 spiro atoms. The van der Waals surface area contributed by atoms with Gasteiger partial charge in [0, 0.05) is 18.7 Å². The van der Waals surface area contributed by atoms with Gasteiger partial charge in [-0.1, -0.05) is 13.0 Å². The quantitative estimate of drug-likeness (QED) is 0.523. The molecule has 0 aromatic rings. The summed E-state index contributed by atoms with van der Waals surface area (Å²) < 4.78 is 0. The Bertz CT molecular complexity index is 264. The molecule has 4 nitrogen and oxygen atoms in total. The summed E-state index contributed by atoms with van der Waals surface area (Å²) in [5.41, 5.74) is 0.496. The van der Waals surface area contributed by atoms with Crippen molar-refractivity contribution < 1.29 is 9.90 Å². The molecule has 1 saturated heterocycles. The molecule has 0 aromatic carbocycles. The van der Waals surface area contributed by atoms with E-state index in [1.165, 1.54) is 13.0 Å². The molecule has 1 heterocycles. The SMILES string of the molecule is CCC(=CCNCC1CCN(C)C1)C(=O)O. The van der Waals surface area contributed by atoms with Crippen molar-refractivity contribution in [1.29, 1.82) is 0 Å². The van der Waals surface area contributed by atoms with Crippen LogP contribution in [0.15, 0.2) is 11.6 Å². The van der Waals surface area contributed by atoms with Crippen LogP contribution in [-0.2, 0) is 4.79 Å². The van der Waals surface area contributed by atoms with Gasteiger partial charge in [0.2, 0.25) is 0 Å². The molecule has 0 saturated carbocycles. The first kappa shape index (κ1) is 13.2. The molecule has 1 fully saturated rings. The van der Waals surface area contributed by atoms with Crippen molar-refractivity contribution in [2.24, 2.45) is 5.92 Å². The number of nitrogens with zero attached hydrogens (tertiary/aromatic N) is 1. The number of hydrogen-bond acceptors (Lipinski definition) is 3. The van der Waals surface area contributed by atoms with Gasteiger partial charge in [0.25, 0.3) is 0 Å². The van der Waals surface area contributed by atoms with Gasteiger partial charge >= 0.3 is 5.97 Å². The molecule has 16 heavy (non-hydrogen) atoms. The number of carboxylic acids is 1. The van der Waals surface area contributed by atoms with Crippen molar-refractivity contribution in [2.45, 2.75) is 19.8 Å². The van der Waals surface area contributed by atoms with Crippen LogP contribution < -0.4 is 5.32 Å². The summed E-state index contributed by atoms with van der Waals surface area (Å²) in [4.78, 5) is 13.1. The minimum absolute atomic E-state index is 0.496. The van der Waals surface area contributed by atoms with E-state index in [2.05, 4.69) is 17.3 Å². The van der Waals surface area contributed by atoms with Gasteiger partial charge < -0.3 is 15.3 Å². The van der Waals surface area contributed by atoms with Crippen LogP contribution >= 0.6 is 0 Å². The molecule has 0 aliphatic carbocycles. The highest BCUT2D eigenvalue weighted by Gasteiger charge is 2.18. The Morgan fingerprint density at radius 1 is 1.62 bits per heavy atom. The van der Waals surface area contributed by atoms with Crippen molar-refractivity contribution in [2.75, 3.05) is 33.2 Å². The molecular weight excluding hydrogens is 204 g/mol. The molecule has 1 rings (SSSR count). The molecule has 0 radical (unpaired) electrons. The lowest BCUT2D eigenvalue weighted by molar-refractivity contribution is -0.132. The van der Waals surface area contributed by atoms with Crippen molar-refractivity contribution in [3.05, 3.63) is 11.6 Å². The maximum absolute atomic E-state index is 10.7. The smallest absolute Gasteiger partial charge is 0.331 e. The maximum Gasteiger partial charge on any atom is 0.331 e. The molecule has 0 amide bonds. The van der Waals surface area contributed by atoms with Gasteiger partial charge in [-0.3, -0.25) is 0 Å². The summed E-state index contributed by atoms with van der Waals surface area (Å²) in [6.45, 7) is 5.84. The highest BCUT2D eigenvalue weighted by Crippen LogP contribution is 2.12. The van der Waals surface area contributed by atoms with Crippen molar-refractivity contribution in [3.8, 4) is 0 Å². The van der Waals surface area contributed by atoms with Crippen molar-refractivity contribution in [3.63, 3.8) is 0 Å². The fraction of sp³-hybridized carbons (Fsp3) is 0.750. The molecule has 1 aliphatic heterocycles. The van der Waals surface area contributed by atoms with Crippen LogP contribution in [0.25, 0.3) is 0 Å². The third-order valence-electron chi connectivity index (χ3n) is 3.07. The van der Waals surface area contributed by atoms with E-state index >= 15 is 0 Å². The fourth-order valence-corrected chi connectivity index (χ4v) is 2.06. The Kier molecular flexibility index (Phi) is 5.49. The lowest BCUT2D eigenvalue weighted by Gasteiger charge is -2.10. The van der Waals surface area contributed by atoms with E-state index in [0.717, 1.165) is 13.1 Å². The Labute approximate surface area is 97.3 Å². The molecule has 2 N–H and O–H groups in total. The van der Waals surface area contributed by atoms with Gasteiger partial charge in [0.05, 0.1) is 0 Å². The first-order chi connectivity index (χ1) is 7.63. The lowest BCUT2D eigenvalue weighted by Crippen LogP contribution is -2.25. The van der Waals surface area contributed by atoms with Crippen LogP contribution in [0.4, 0.5) is 0 Å². The molecule has 92 valence electrons. The van der Waals surface area contributed by atoms with E-state index in [1.54, 1.807) is 6.08 Å². The zero-order chi connectivity index (χ0) is 12.0. The standard InChI is InChI=1S/C12H22N2O2/c1-3-11(12(15)16)4-6-13-8-10-5-7-14(2)9-10/h4,10,13H,3,5-9H2,1-2H3,(H,15,16). The van der Waals surface area contributed by atoms with E-state index in [0.29, 0.717) is 24.5 Å². The molecule has 1 unspecified atom stereocenters. The second-order valence-electron chi connectivity index (χ2n) is 4.46. The molecule has 0 aromatic heterocycles. The Hall–Kier alpha value is -0.870. The van der Waals surface area contributed by atoms with Gasteiger partial charge in [-0.15, -0.1) is 0 Å². The molecule has 0 bridgehead atoms. The number of hydrogen-bond donors (Lipinski definition) is 2. The number of nitrogens with one attached hydrogen (secondary N) is 1. The maximum atomic E-state index is 10.7. The molecule has 1 aliphatic rings. The van der Waals surface area contributed by atoms with Crippen LogP contribution in [0.5, 0.6) is 0 Å². The van der Waals surface area contributed by atoms with Crippen molar-refractivity contribution in [1.82, 2.24) is 10.2 Å². The number of carboxylic acid groups (broad SMARTS) is 1. The van der Waals surface area contributed by atoms with Gasteiger partial charge in [-0.25, -0.2) is 4.79 Å². The Morgan fingerprint density at radius 3 is 2.88 bits per heavy atom. The molecular formula is C12H22N2O2. The van der Waals surface area contributed by atoms with Gasteiger partial charge in [0.15, 0.2) is 0 Å². The summed E-state index contributed by atoms with van der Waals surface area (Å²) in [7, 11) is 2.14. The number of rotatable bonds is 6. The van der Waals surface area contributed by atoms with Crippen molar-refractivity contribution >= 4 is 5.97 Å². The highest BCUT2D eigenvalue weighted by atomic mass is 16.4. The largest absolute Gasteiger partial charge is 0.478 e. The molecule has 1 atom stereocenters. The third kappa shape index (κ3) is 4.33. The zero-order valence-corrected chi connectivity index (χ0v) is 10.2. The van der Waals surface area contributed by atoms with Crippen LogP contribution in [0.3, 0.4) is 0 Å². The predicted molar refractivity (Wildman–Crippen MR) is 64.5 cm³/mol. The van der Waals surface area contributed by atoms with Gasteiger partial charge in [-0.05, 0) is 38.9 Å². The van der Waals surface area contributed by atoms with Gasteiger partial charge in [-0.2, -0.15) is 0 Å². The number of aliphatic carboxylic acids is 1. The summed E-state index contributed by atoms with van der Waals surface area (Å²) >= 11 is 0. The fourth-order valence-electron chi connectivity index (χ4n) is 2.06. The van der Waals surface area contributed by atoms with Gasteiger partial charge in [0.1, 0.15) is 0 Å². The second kappa shape index (κ2) is 6.66. The van der Waals surface area contributed by atoms with E-state index < -0.39 is 5.97 Å². The first-order valence-electron chi connectivity index (χ1n) is 5.95. The Balaban J connectivity index is 2.18. The van der Waals surface area contributed by atoms with Crippen LogP contribution in [-0.4, -0.2) is 49.2 Å². The predicted octanol–water partition coefficient (Wildman–Crippen LogP) is 0.949. The average Bonchev–Trinajstić information content (AvgIpc) is 2.64. The molecule has 4 heteroatoms. The monoisotopic (exact) mass is 226 g/mol. The minimum atomic E-state index is -0.801. The number of carbonyl (C=O) groups is 1. The number of likely N-dealkylation sites (tertiary alicyclic amines) is 1. The lowest BCUT2D eigenvalue weighted by atomic mass is 10.1. The van der Waals surface area contributed by atoms with E-state index in [-0.39, 0.29) is 0 Å². The minimum Gasteiger partial charge on any atom is -0.478 e. The summed E-state index contributed by atoms with van der Waals surface area (Å²) in [6, 6.07) is 0. The van der Waals surface area contributed by atoms with Crippen LogP contribution in [0, 0.1) is 5.92 Å². The Morgan fingerprint density at radius 2 is 2.38 bits per heavy atom. The first-order valence-corrected chi connectivity index (χ1v) is 5.95. The highest BCUT2D eigenvalue weighted by molar-refractivity contribution is 5.86. The van der Waals surface area contributed by atoms with Crippen LogP contribution in [0.1, 0.15) is 19.8 Å². The summed E-state index contributed by atoms with van der Waals surface area (Å²) in [5.74, 6) is -0.0850. The topological polar surface area (TPSA) is 52.6 Å². The van der Waals surface area contributed by atoms with E-state index in [1.807, 2.05) is 6.92 Å². The normalized spacial score (nSPS) is 22.6. The van der Waals surface area contributed by atoms with E-state index in [4.69, 9.17) is 5.11 Å². The summed E-state index contributed by atoms with van der Waals surface area (Å²) in [6.07, 6.45) is 3.61. The second-order valence-corrected chi connectivity index (χ2v) is 4.46. The van der Waals surface area contributed by atoms with Crippen LogP contribution in [0.2, 0.25) is 0 Å². The summed E-state index contributed by atoms with van der Waals surface area (Å²) in [5, 5.41) is 12.1. The average molecular weight is 226 g/mol. The zero-order valence-electron chi connectivity index (χ0n) is 10.2. The van der Waals surface area contributed by atoms with E-state index in [9.17, 15) is 4.79 Å². The third-order valence-corrected chi connectivity index (χ3v) is 3.07.